The number of carbonyl (C=O) groups excluding carboxylic acids is 2. The molecule has 0 radical (unpaired) electrons. The molecule has 3 aromatic rings. The van der Waals surface area contributed by atoms with Crippen molar-refractivity contribution in [2.75, 3.05) is 17.1 Å². The monoisotopic (exact) mass is 603 g/mol. The molecule has 0 saturated heterocycles. The number of amides is 2. The number of sulfonamides is 1. The number of fused-ring (bicyclic) bond motifs is 1. The van der Waals surface area contributed by atoms with Crippen LogP contribution in [0.4, 0.5) is 5.69 Å². The second-order valence-corrected chi connectivity index (χ2v) is 13.0. The van der Waals surface area contributed by atoms with Crippen LogP contribution >= 0.6 is 23.2 Å². The van der Waals surface area contributed by atoms with Crippen molar-refractivity contribution in [1.29, 1.82) is 0 Å². The van der Waals surface area contributed by atoms with Crippen molar-refractivity contribution in [2.24, 2.45) is 0 Å². The Labute approximate surface area is 246 Å². The predicted octanol–water partition coefficient (Wildman–Crippen LogP) is 6.17. The van der Waals surface area contributed by atoms with Gasteiger partial charge in [-0.2, -0.15) is 0 Å². The first kappa shape index (κ1) is 30.2. The van der Waals surface area contributed by atoms with Crippen LogP contribution in [0.1, 0.15) is 51.0 Å². The fourth-order valence-corrected chi connectivity index (χ4v) is 6.65. The molecule has 2 amide bonds. The summed E-state index contributed by atoms with van der Waals surface area (Å²) in [4.78, 5) is 29.1. The van der Waals surface area contributed by atoms with Crippen molar-refractivity contribution in [2.45, 2.75) is 64.1 Å². The molecule has 10 heteroatoms. The largest absolute Gasteiger partial charge is 0.352 e. The van der Waals surface area contributed by atoms with E-state index in [1.165, 1.54) is 4.90 Å². The Morgan fingerprint density at radius 2 is 1.70 bits per heavy atom. The molecule has 1 N–H and O–H groups in total. The number of anilines is 1. The van der Waals surface area contributed by atoms with Gasteiger partial charge in [-0.25, -0.2) is 8.42 Å². The van der Waals surface area contributed by atoms with Crippen molar-refractivity contribution in [3.63, 3.8) is 0 Å². The lowest BCUT2D eigenvalue weighted by molar-refractivity contribution is -0.140. The molecule has 40 heavy (non-hydrogen) atoms. The van der Waals surface area contributed by atoms with E-state index in [2.05, 4.69) is 5.32 Å². The molecule has 1 aliphatic rings. The molecule has 1 saturated carbocycles. The van der Waals surface area contributed by atoms with Crippen LogP contribution in [-0.4, -0.2) is 50.0 Å². The lowest BCUT2D eigenvalue weighted by Gasteiger charge is -2.34. The summed E-state index contributed by atoms with van der Waals surface area (Å²) >= 11 is 12.6. The average Bonchev–Trinajstić information content (AvgIpc) is 2.92. The molecule has 4 rings (SSSR count). The molecule has 0 aliphatic heterocycles. The summed E-state index contributed by atoms with van der Waals surface area (Å²) in [6, 6.07) is 17.0. The summed E-state index contributed by atoms with van der Waals surface area (Å²) in [5, 5.41) is 5.51. The van der Waals surface area contributed by atoms with Gasteiger partial charge in [0.2, 0.25) is 21.8 Å². The maximum absolute atomic E-state index is 14.1. The van der Waals surface area contributed by atoms with E-state index in [9.17, 15) is 18.0 Å². The minimum Gasteiger partial charge on any atom is -0.352 e. The number of nitrogens with one attached hydrogen (secondary N) is 1. The van der Waals surface area contributed by atoms with Crippen LogP contribution in [0.15, 0.2) is 60.7 Å². The quantitative estimate of drug-likeness (QED) is 0.300. The third-order valence-electron chi connectivity index (χ3n) is 7.41. The van der Waals surface area contributed by atoms with E-state index in [1.54, 1.807) is 30.3 Å². The summed E-state index contributed by atoms with van der Waals surface area (Å²) in [7, 11) is -3.86. The van der Waals surface area contributed by atoms with E-state index < -0.39 is 28.5 Å². The molecule has 1 aliphatic carbocycles. The van der Waals surface area contributed by atoms with Gasteiger partial charge in [0, 0.05) is 28.0 Å². The van der Waals surface area contributed by atoms with Crippen molar-refractivity contribution >= 4 is 61.5 Å². The molecule has 214 valence electrons. The van der Waals surface area contributed by atoms with Crippen molar-refractivity contribution in [3.8, 4) is 0 Å². The SMILES string of the molecule is CCC(C(=O)NC1CCCCC1)N(Cc1ccc(Cl)cc1Cl)C(=O)CN(c1cccc2ccccc12)S(C)(=O)=O. The molecule has 0 aromatic heterocycles. The maximum atomic E-state index is 14.1. The Morgan fingerprint density at radius 3 is 2.38 bits per heavy atom. The molecule has 1 atom stereocenters. The number of nitrogens with zero attached hydrogens (tertiary/aromatic N) is 2. The zero-order valence-electron chi connectivity index (χ0n) is 22.8. The number of hydrogen-bond acceptors (Lipinski definition) is 4. The second-order valence-electron chi connectivity index (χ2n) is 10.3. The number of hydrogen-bond donors (Lipinski definition) is 1. The predicted molar refractivity (Wildman–Crippen MR) is 162 cm³/mol. The van der Waals surface area contributed by atoms with Crippen molar-refractivity contribution in [3.05, 3.63) is 76.3 Å². The zero-order chi connectivity index (χ0) is 28.9. The maximum Gasteiger partial charge on any atom is 0.244 e. The molecule has 0 bridgehead atoms. The van der Waals surface area contributed by atoms with Gasteiger partial charge in [0.05, 0.1) is 11.9 Å². The molecule has 0 spiro atoms. The minimum absolute atomic E-state index is 0.0264. The third kappa shape index (κ3) is 7.28. The van der Waals surface area contributed by atoms with Crippen LogP contribution in [0.5, 0.6) is 0 Å². The molecule has 0 heterocycles. The van der Waals surface area contributed by atoms with Crippen LogP contribution in [0.3, 0.4) is 0 Å². The van der Waals surface area contributed by atoms with Gasteiger partial charge in [0.15, 0.2) is 0 Å². The normalized spacial score (nSPS) is 15.0. The van der Waals surface area contributed by atoms with Gasteiger partial charge in [-0.1, -0.05) is 91.9 Å². The highest BCUT2D eigenvalue weighted by molar-refractivity contribution is 7.92. The van der Waals surface area contributed by atoms with E-state index >= 15 is 0 Å². The van der Waals surface area contributed by atoms with Gasteiger partial charge in [0.1, 0.15) is 12.6 Å². The first-order chi connectivity index (χ1) is 19.1. The van der Waals surface area contributed by atoms with Crippen molar-refractivity contribution in [1.82, 2.24) is 10.2 Å². The highest BCUT2D eigenvalue weighted by Crippen LogP contribution is 2.29. The van der Waals surface area contributed by atoms with Gasteiger partial charge in [-0.15, -0.1) is 0 Å². The van der Waals surface area contributed by atoms with Gasteiger partial charge < -0.3 is 10.2 Å². The van der Waals surface area contributed by atoms with Gasteiger partial charge >= 0.3 is 0 Å². The molecule has 1 unspecified atom stereocenters. The van der Waals surface area contributed by atoms with Crippen LogP contribution in [0.2, 0.25) is 10.0 Å². The second kappa shape index (κ2) is 13.2. The van der Waals surface area contributed by atoms with Gasteiger partial charge in [-0.05, 0) is 48.4 Å². The van der Waals surface area contributed by atoms with E-state index in [0.717, 1.165) is 48.1 Å². The molecular weight excluding hydrogens is 569 g/mol. The lowest BCUT2D eigenvalue weighted by atomic mass is 9.95. The summed E-state index contributed by atoms with van der Waals surface area (Å²) in [6.45, 7) is 1.40. The number of halogens is 2. The van der Waals surface area contributed by atoms with E-state index in [0.29, 0.717) is 33.1 Å². The summed E-state index contributed by atoms with van der Waals surface area (Å²) < 4.78 is 27.2. The molecule has 3 aromatic carbocycles. The summed E-state index contributed by atoms with van der Waals surface area (Å²) in [5.41, 5.74) is 1.01. The Bertz CT molecular complexity index is 1470. The first-order valence-electron chi connectivity index (χ1n) is 13.6. The Morgan fingerprint density at radius 1 is 1.00 bits per heavy atom. The molecule has 7 nitrogen and oxygen atoms in total. The molecule has 1 fully saturated rings. The standard InChI is InChI=1S/C30H35Cl2N3O4S/c1-3-27(30(37)33-24-12-5-4-6-13-24)34(19-22-16-17-23(31)18-26(22)32)29(36)20-35(40(2,38)39)28-15-9-11-21-10-7-8-14-25(21)28/h7-11,14-18,24,27H,3-6,12-13,19-20H2,1-2H3,(H,33,37). The van der Waals surface area contributed by atoms with Crippen LogP contribution < -0.4 is 9.62 Å². The minimum atomic E-state index is -3.86. The van der Waals surface area contributed by atoms with E-state index in [4.69, 9.17) is 23.2 Å². The Balaban J connectivity index is 1.70. The van der Waals surface area contributed by atoms with Gasteiger partial charge in [0.25, 0.3) is 0 Å². The third-order valence-corrected chi connectivity index (χ3v) is 9.12. The number of carbonyl (C=O) groups is 2. The van der Waals surface area contributed by atoms with Crippen LogP contribution in [0.25, 0.3) is 10.8 Å². The summed E-state index contributed by atoms with van der Waals surface area (Å²) in [6.07, 6.45) is 6.50. The molecular formula is C30H35Cl2N3O4S. The van der Waals surface area contributed by atoms with Crippen molar-refractivity contribution < 1.29 is 18.0 Å². The lowest BCUT2D eigenvalue weighted by Crippen LogP contribution is -2.54. The summed E-state index contributed by atoms with van der Waals surface area (Å²) in [5.74, 6) is -0.751. The van der Waals surface area contributed by atoms with E-state index in [1.807, 2.05) is 37.3 Å². The number of benzene rings is 3. The van der Waals surface area contributed by atoms with Crippen LogP contribution in [-0.2, 0) is 26.2 Å². The number of rotatable bonds is 10. The first-order valence-corrected chi connectivity index (χ1v) is 16.2. The highest BCUT2D eigenvalue weighted by Gasteiger charge is 2.33. The van der Waals surface area contributed by atoms with Gasteiger partial charge in [-0.3, -0.25) is 13.9 Å². The topological polar surface area (TPSA) is 86.8 Å². The Kier molecular flexibility index (Phi) is 9.98. The fourth-order valence-electron chi connectivity index (χ4n) is 5.32. The average molecular weight is 605 g/mol. The van der Waals surface area contributed by atoms with E-state index in [-0.39, 0.29) is 18.5 Å². The highest BCUT2D eigenvalue weighted by atomic mass is 35.5. The zero-order valence-corrected chi connectivity index (χ0v) is 25.1. The fraction of sp³-hybridized carbons (Fsp3) is 0.400. The smallest absolute Gasteiger partial charge is 0.244 e. The van der Waals surface area contributed by atoms with Crippen LogP contribution in [0, 0.1) is 0 Å². The Hall–Kier alpha value is -2.81.